The van der Waals surface area contributed by atoms with Gasteiger partial charge < -0.3 is 9.47 Å². The minimum Gasteiger partial charge on any atom is -0.350 e. The quantitative estimate of drug-likeness (QED) is 0.800. The predicted octanol–water partition coefficient (Wildman–Crippen LogP) is 4.46. The molecule has 2 heterocycles. The van der Waals surface area contributed by atoms with Crippen LogP contribution in [0.2, 0.25) is 0 Å². The topological polar surface area (TPSA) is 25.2 Å². The SMILES string of the molecule is Cn1cc(C2CCN(C(=O)C3CCCCC3)CC2)c2ccccc21. The summed E-state index contributed by atoms with van der Waals surface area (Å²) in [6.07, 6.45) is 10.5. The molecule has 0 radical (unpaired) electrons. The third-order valence-corrected chi connectivity index (χ3v) is 6.13. The van der Waals surface area contributed by atoms with Gasteiger partial charge >= 0.3 is 0 Å². The number of nitrogens with zero attached hydrogens (tertiary/aromatic N) is 2. The van der Waals surface area contributed by atoms with E-state index in [4.69, 9.17) is 0 Å². The number of hydrogen-bond donors (Lipinski definition) is 0. The van der Waals surface area contributed by atoms with Crippen molar-refractivity contribution in [1.29, 1.82) is 0 Å². The number of piperidine rings is 1. The maximum Gasteiger partial charge on any atom is 0.225 e. The number of likely N-dealkylation sites (tertiary alicyclic amines) is 1. The van der Waals surface area contributed by atoms with E-state index in [1.54, 1.807) is 0 Å². The van der Waals surface area contributed by atoms with Crippen molar-refractivity contribution in [2.75, 3.05) is 13.1 Å². The highest BCUT2D eigenvalue weighted by Crippen LogP contribution is 2.35. The molecule has 1 saturated carbocycles. The van der Waals surface area contributed by atoms with Crippen molar-refractivity contribution in [1.82, 2.24) is 9.47 Å². The van der Waals surface area contributed by atoms with Gasteiger partial charge in [-0.15, -0.1) is 0 Å². The standard InChI is InChI=1S/C21H28N2O/c1-22-15-19(18-9-5-6-10-20(18)22)16-11-13-23(14-12-16)21(24)17-7-3-2-4-8-17/h5-6,9-10,15-17H,2-4,7-8,11-14H2,1H3. The van der Waals surface area contributed by atoms with E-state index >= 15 is 0 Å². The first-order valence-electron chi connectivity index (χ1n) is 9.57. The second kappa shape index (κ2) is 6.62. The van der Waals surface area contributed by atoms with Gasteiger partial charge in [-0.25, -0.2) is 0 Å². The minimum atomic E-state index is 0.313. The van der Waals surface area contributed by atoms with Gasteiger partial charge in [-0.05, 0) is 43.2 Å². The lowest BCUT2D eigenvalue weighted by Gasteiger charge is -2.35. The van der Waals surface area contributed by atoms with Gasteiger partial charge in [-0.2, -0.15) is 0 Å². The maximum absolute atomic E-state index is 12.7. The number of aryl methyl sites for hydroxylation is 1. The molecule has 1 aromatic carbocycles. The fraction of sp³-hybridized carbons (Fsp3) is 0.571. The van der Waals surface area contributed by atoms with Gasteiger partial charge in [-0.3, -0.25) is 4.79 Å². The van der Waals surface area contributed by atoms with Crippen molar-refractivity contribution < 1.29 is 4.79 Å². The van der Waals surface area contributed by atoms with E-state index in [0.29, 0.717) is 17.7 Å². The van der Waals surface area contributed by atoms with E-state index in [1.165, 1.54) is 35.7 Å². The van der Waals surface area contributed by atoms with Gasteiger partial charge in [0.05, 0.1) is 0 Å². The average molecular weight is 324 g/mol. The average Bonchev–Trinajstić information content (AvgIpc) is 2.99. The Hall–Kier alpha value is -1.77. The van der Waals surface area contributed by atoms with Crippen LogP contribution in [-0.4, -0.2) is 28.5 Å². The van der Waals surface area contributed by atoms with Crippen molar-refractivity contribution in [3.05, 3.63) is 36.0 Å². The molecule has 128 valence electrons. The molecular formula is C21H28N2O. The van der Waals surface area contributed by atoms with Crippen molar-refractivity contribution in [3.8, 4) is 0 Å². The van der Waals surface area contributed by atoms with Crippen LogP contribution in [0.5, 0.6) is 0 Å². The van der Waals surface area contributed by atoms with Crippen molar-refractivity contribution >= 4 is 16.8 Å². The first kappa shape index (κ1) is 15.7. The highest BCUT2D eigenvalue weighted by molar-refractivity contribution is 5.84. The number of aromatic nitrogens is 1. The first-order chi connectivity index (χ1) is 11.7. The number of benzene rings is 1. The molecule has 1 aromatic heterocycles. The largest absolute Gasteiger partial charge is 0.350 e. The molecule has 0 bridgehead atoms. The van der Waals surface area contributed by atoms with E-state index in [-0.39, 0.29) is 0 Å². The van der Waals surface area contributed by atoms with Gasteiger partial charge in [0.25, 0.3) is 0 Å². The van der Waals surface area contributed by atoms with Crippen LogP contribution in [-0.2, 0) is 11.8 Å². The number of para-hydroxylation sites is 1. The zero-order valence-corrected chi connectivity index (χ0v) is 14.7. The molecule has 24 heavy (non-hydrogen) atoms. The Morgan fingerprint density at radius 3 is 2.46 bits per heavy atom. The molecule has 0 atom stereocenters. The lowest BCUT2D eigenvalue weighted by atomic mass is 9.86. The molecule has 2 aromatic rings. The van der Waals surface area contributed by atoms with Crippen LogP contribution >= 0.6 is 0 Å². The molecule has 0 N–H and O–H groups in total. The van der Waals surface area contributed by atoms with E-state index in [2.05, 4.69) is 47.0 Å². The molecular weight excluding hydrogens is 296 g/mol. The van der Waals surface area contributed by atoms with E-state index in [0.717, 1.165) is 38.8 Å². The third kappa shape index (κ3) is 2.85. The maximum atomic E-state index is 12.7. The van der Waals surface area contributed by atoms with Crippen LogP contribution in [0.15, 0.2) is 30.5 Å². The summed E-state index contributed by atoms with van der Waals surface area (Å²) in [5, 5.41) is 1.39. The molecule has 2 aliphatic rings. The Morgan fingerprint density at radius 1 is 1.00 bits per heavy atom. The van der Waals surface area contributed by atoms with Gasteiger partial charge in [0, 0.05) is 43.2 Å². The molecule has 1 aliphatic heterocycles. The van der Waals surface area contributed by atoms with Gasteiger partial charge in [0.15, 0.2) is 0 Å². The summed E-state index contributed by atoms with van der Waals surface area (Å²) in [6, 6.07) is 8.68. The Balaban J connectivity index is 1.45. The highest BCUT2D eigenvalue weighted by atomic mass is 16.2. The van der Waals surface area contributed by atoms with Crippen LogP contribution in [0.4, 0.5) is 0 Å². The number of hydrogen-bond acceptors (Lipinski definition) is 1. The third-order valence-electron chi connectivity index (χ3n) is 6.13. The lowest BCUT2D eigenvalue weighted by Crippen LogP contribution is -2.41. The fourth-order valence-electron chi connectivity index (χ4n) is 4.72. The number of fused-ring (bicyclic) bond motifs is 1. The van der Waals surface area contributed by atoms with Crippen molar-refractivity contribution in [2.24, 2.45) is 13.0 Å². The van der Waals surface area contributed by atoms with Gasteiger partial charge in [0.2, 0.25) is 5.91 Å². The summed E-state index contributed by atoms with van der Waals surface area (Å²) in [5.74, 6) is 1.34. The second-order valence-electron chi connectivity index (χ2n) is 7.65. The second-order valence-corrected chi connectivity index (χ2v) is 7.65. The first-order valence-corrected chi connectivity index (χ1v) is 9.57. The van der Waals surface area contributed by atoms with Gasteiger partial charge in [-0.1, -0.05) is 37.5 Å². The fourth-order valence-corrected chi connectivity index (χ4v) is 4.72. The van der Waals surface area contributed by atoms with Crippen molar-refractivity contribution in [2.45, 2.75) is 50.9 Å². The molecule has 3 nitrogen and oxygen atoms in total. The van der Waals surface area contributed by atoms with Gasteiger partial charge in [0.1, 0.15) is 0 Å². The summed E-state index contributed by atoms with van der Waals surface area (Å²) < 4.78 is 2.24. The zero-order valence-electron chi connectivity index (χ0n) is 14.7. The Kier molecular flexibility index (Phi) is 4.34. The lowest BCUT2D eigenvalue weighted by molar-refractivity contribution is -0.137. The molecule has 3 heteroatoms. The Bertz CT molecular complexity index is 719. The van der Waals surface area contributed by atoms with Crippen LogP contribution in [0.3, 0.4) is 0 Å². The molecule has 4 rings (SSSR count). The zero-order chi connectivity index (χ0) is 16.5. The molecule has 2 fully saturated rings. The number of carbonyl (C=O) groups excluding carboxylic acids is 1. The molecule has 1 saturated heterocycles. The van der Waals surface area contributed by atoms with E-state index in [9.17, 15) is 4.79 Å². The summed E-state index contributed by atoms with van der Waals surface area (Å²) in [5.41, 5.74) is 2.78. The monoisotopic (exact) mass is 324 g/mol. The number of rotatable bonds is 2. The van der Waals surface area contributed by atoms with Crippen molar-refractivity contribution in [3.63, 3.8) is 0 Å². The highest BCUT2D eigenvalue weighted by Gasteiger charge is 2.30. The normalized spacial score (nSPS) is 20.6. The van der Waals surface area contributed by atoms with Crippen LogP contribution in [0, 0.1) is 5.92 Å². The summed E-state index contributed by atoms with van der Waals surface area (Å²) >= 11 is 0. The number of carbonyl (C=O) groups is 1. The number of amides is 1. The van der Waals surface area contributed by atoms with Crippen LogP contribution < -0.4 is 0 Å². The molecule has 0 spiro atoms. The van der Waals surface area contributed by atoms with E-state index < -0.39 is 0 Å². The summed E-state index contributed by atoms with van der Waals surface area (Å²) in [6.45, 7) is 1.87. The Morgan fingerprint density at radius 2 is 1.71 bits per heavy atom. The molecule has 0 unspecified atom stereocenters. The van der Waals surface area contributed by atoms with E-state index in [1.807, 2.05) is 0 Å². The minimum absolute atomic E-state index is 0.313. The predicted molar refractivity (Wildman–Crippen MR) is 98.0 cm³/mol. The van der Waals surface area contributed by atoms with Crippen LogP contribution in [0.25, 0.3) is 10.9 Å². The smallest absolute Gasteiger partial charge is 0.225 e. The Labute approximate surface area is 144 Å². The summed E-state index contributed by atoms with van der Waals surface area (Å²) in [4.78, 5) is 14.9. The molecule has 1 aliphatic carbocycles. The summed E-state index contributed by atoms with van der Waals surface area (Å²) in [7, 11) is 2.13. The molecule has 1 amide bonds. The van der Waals surface area contributed by atoms with Crippen LogP contribution in [0.1, 0.15) is 56.4 Å².